The molecule has 1 saturated heterocycles. The molecule has 1 aliphatic heterocycles. The van der Waals surface area contributed by atoms with Crippen molar-refractivity contribution in [1.29, 1.82) is 0 Å². The zero-order chi connectivity index (χ0) is 16.8. The smallest absolute Gasteiger partial charge is 0.237 e. The van der Waals surface area contributed by atoms with Crippen molar-refractivity contribution in [3.8, 4) is 0 Å². The highest BCUT2D eigenvalue weighted by atomic mass is 16.2. The van der Waals surface area contributed by atoms with Crippen LogP contribution < -0.4 is 5.32 Å². The van der Waals surface area contributed by atoms with Gasteiger partial charge in [-0.15, -0.1) is 0 Å². The van der Waals surface area contributed by atoms with E-state index in [-0.39, 0.29) is 18.0 Å². The van der Waals surface area contributed by atoms with Crippen LogP contribution in [-0.2, 0) is 4.79 Å². The highest BCUT2D eigenvalue weighted by Crippen LogP contribution is 2.22. The third-order valence-electron chi connectivity index (χ3n) is 4.87. The molecule has 1 atom stereocenters. The number of likely N-dealkylation sites (tertiary alicyclic amines) is 1. The first-order valence-corrected chi connectivity index (χ1v) is 8.90. The van der Waals surface area contributed by atoms with Gasteiger partial charge in [-0.1, -0.05) is 67.1 Å². The van der Waals surface area contributed by atoms with Crippen molar-refractivity contribution in [3.63, 3.8) is 0 Å². The maximum Gasteiger partial charge on any atom is 0.237 e. The second-order valence-electron chi connectivity index (χ2n) is 6.54. The topological polar surface area (TPSA) is 32.3 Å². The number of nitrogens with zero attached hydrogens (tertiary/aromatic N) is 1. The van der Waals surface area contributed by atoms with E-state index in [0.717, 1.165) is 24.2 Å². The molecule has 0 spiro atoms. The molecule has 1 heterocycles. The Labute approximate surface area is 144 Å². The van der Waals surface area contributed by atoms with E-state index in [1.54, 1.807) is 0 Å². The van der Waals surface area contributed by atoms with Gasteiger partial charge in [0.05, 0.1) is 12.1 Å². The zero-order valence-corrected chi connectivity index (χ0v) is 14.3. The van der Waals surface area contributed by atoms with Gasteiger partial charge in [-0.3, -0.25) is 9.69 Å². The predicted molar refractivity (Wildman–Crippen MR) is 97.8 cm³/mol. The summed E-state index contributed by atoms with van der Waals surface area (Å²) in [5.74, 6) is 0.106. The fourth-order valence-electron chi connectivity index (χ4n) is 3.38. The Morgan fingerprint density at radius 2 is 1.38 bits per heavy atom. The highest BCUT2D eigenvalue weighted by molar-refractivity contribution is 5.82. The number of amides is 1. The molecule has 0 saturated carbocycles. The molecule has 3 nitrogen and oxygen atoms in total. The Balaban J connectivity index is 1.77. The SMILES string of the molecule is C[C@H](C(=O)NC(c1ccccc1)c1ccccc1)N1CCCCC1. The van der Waals surface area contributed by atoms with E-state index in [4.69, 9.17) is 0 Å². The zero-order valence-electron chi connectivity index (χ0n) is 14.3. The van der Waals surface area contributed by atoms with E-state index >= 15 is 0 Å². The van der Waals surface area contributed by atoms with Gasteiger partial charge >= 0.3 is 0 Å². The highest BCUT2D eigenvalue weighted by Gasteiger charge is 2.25. The summed E-state index contributed by atoms with van der Waals surface area (Å²) in [5.41, 5.74) is 2.23. The van der Waals surface area contributed by atoms with Crippen LogP contribution in [0.15, 0.2) is 60.7 Å². The van der Waals surface area contributed by atoms with Crippen LogP contribution in [0.25, 0.3) is 0 Å². The molecule has 2 aromatic rings. The lowest BCUT2D eigenvalue weighted by molar-refractivity contribution is -0.126. The minimum absolute atomic E-state index is 0.0831. The van der Waals surface area contributed by atoms with Gasteiger partial charge in [0, 0.05) is 0 Å². The van der Waals surface area contributed by atoms with Crippen LogP contribution in [0, 0.1) is 0 Å². The molecule has 3 rings (SSSR count). The Morgan fingerprint density at radius 3 is 1.88 bits per heavy atom. The molecule has 1 aliphatic rings. The van der Waals surface area contributed by atoms with Gasteiger partial charge in [0.15, 0.2) is 0 Å². The first-order valence-electron chi connectivity index (χ1n) is 8.90. The van der Waals surface area contributed by atoms with Crippen molar-refractivity contribution in [2.45, 2.75) is 38.3 Å². The minimum Gasteiger partial charge on any atom is -0.344 e. The van der Waals surface area contributed by atoms with Crippen LogP contribution in [0.5, 0.6) is 0 Å². The summed E-state index contributed by atoms with van der Waals surface area (Å²) < 4.78 is 0. The summed E-state index contributed by atoms with van der Waals surface area (Å²) in [6.07, 6.45) is 3.67. The van der Waals surface area contributed by atoms with Gasteiger partial charge < -0.3 is 5.32 Å². The molecule has 0 bridgehead atoms. The summed E-state index contributed by atoms with van der Waals surface area (Å²) in [6, 6.07) is 20.2. The third kappa shape index (κ3) is 4.04. The molecule has 24 heavy (non-hydrogen) atoms. The molecule has 126 valence electrons. The predicted octanol–water partition coefficient (Wildman–Crippen LogP) is 3.77. The number of nitrogens with one attached hydrogen (secondary N) is 1. The van der Waals surface area contributed by atoms with Gasteiger partial charge in [-0.25, -0.2) is 0 Å². The first kappa shape index (κ1) is 16.7. The van der Waals surface area contributed by atoms with Crippen molar-refractivity contribution in [1.82, 2.24) is 10.2 Å². The maximum atomic E-state index is 12.8. The Bertz CT molecular complexity index is 596. The quantitative estimate of drug-likeness (QED) is 0.909. The Hall–Kier alpha value is -2.13. The lowest BCUT2D eigenvalue weighted by Crippen LogP contribution is -2.48. The summed E-state index contributed by atoms with van der Waals surface area (Å²) in [4.78, 5) is 15.1. The molecule has 1 fully saturated rings. The van der Waals surface area contributed by atoms with Crippen LogP contribution in [-0.4, -0.2) is 29.9 Å². The van der Waals surface area contributed by atoms with Crippen molar-refractivity contribution >= 4 is 5.91 Å². The van der Waals surface area contributed by atoms with Gasteiger partial charge in [-0.2, -0.15) is 0 Å². The molecule has 1 amide bonds. The number of benzene rings is 2. The van der Waals surface area contributed by atoms with Gasteiger partial charge in [0.1, 0.15) is 0 Å². The Morgan fingerprint density at radius 1 is 0.875 bits per heavy atom. The second kappa shape index (κ2) is 8.11. The largest absolute Gasteiger partial charge is 0.344 e. The van der Waals surface area contributed by atoms with E-state index in [2.05, 4.69) is 34.5 Å². The molecule has 0 radical (unpaired) electrons. The summed E-state index contributed by atoms with van der Waals surface area (Å²) in [7, 11) is 0. The number of carbonyl (C=O) groups excluding carboxylic acids is 1. The van der Waals surface area contributed by atoms with Gasteiger partial charge in [-0.05, 0) is 44.0 Å². The summed E-state index contributed by atoms with van der Waals surface area (Å²) >= 11 is 0. The van der Waals surface area contributed by atoms with Crippen LogP contribution in [0.3, 0.4) is 0 Å². The number of hydrogen-bond donors (Lipinski definition) is 1. The monoisotopic (exact) mass is 322 g/mol. The van der Waals surface area contributed by atoms with Gasteiger partial charge in [0.2, 0.25) is 5.91 Å². The molecule has 0 aliphatic carbocycles. The third-order valence-corrected chi connectivity index (χ3v) is 4.87. The van der Waals surface area contributed by atoms with Crippen LogP contribution >= 0.6 is 0 Å². The van der Waals surface area contributed by atoms with E-state index in [9.17, 15) is 4.79 Å². The molecule has 3 heteroatoms. The molecular weight excluding hydrogens is 296 g/mol. The van der Waals surface area contributed by atoms with Crippen molar-refractivity contribution in [3.05, 3.63) is 71.8 Å². The lowest BCUT2D eigenvalue weighted by atomic mass is 9.98. The van der Waals surface area contributed by atoms with E-state index in [1.165, 1.54) is 19.3 Å². The average Bonchev–Trinajstić information content (AvgIpc) is 2.67. The molecule has 2 aromatic carbocycles. The van der Waals surface area contributed by atoms with Crippen molar-refractivity contribution in [2.75, 3.05) is 13.1 Å². The van der Waals surface area contributed by atoms with E-state index in [1.807, 2.05) is 43.3 Å². The number of hydrogen-bond acceptors (Lipinski definition) is 2. The average molecular weight is 322 g/mol. The second-order valence-corrected chi connectivity index (χ2v) is 6.54. The fourth-order valence-corrected chi connectivity index (χ4v) is 3.38. The summed E-state index contributed by atoms with van der Waals surface area (Å²) in [5, 5.41) is 3.27. The standard InChI is InChI=1S/C21H26N2O/c1-17(23-15-9-4-10-16-23)21(24)22-20(18-11-5-2-6-12-18)19-13-7-3-8-14-19/h2-3,5-8,11-14,17,20H,4,9-10,15-16H2,1H3,(H,22,24)/t17-/m1/s1. The number of rotatable bonds is 5. The fraction of sp³-hybridized carbons (Fsp3) is 0.381. The minimum atomic E-state index is -0.104. The normalized spacial score (nSPS) is 16.8. The van der Waals surface area contributed by atoms with Crippen molar-refractivity contribution < 1.29 is 4.79 Å². The van der Waals surface area contributed by atoms with Crippen LogP contribution in [0.2, 0.25) is 0 Å². The Kier molecular flexibility index (Phi) is 5.65. The maximum absolute atomic E-state index is 12.8. The number of carbonyl (C=O) groups is 1. The molecule has 0 unspecified atom stereocenters. The number of piperidine rings is 1. The van der Waals surface area contributed by atoms with E-state index in [0.29, 0.717) is 0 Å². The van der Waals surface area contributed by atoms with E-state index < -0.39 is 0 Å². The molecule has 0 aromatic heterocycles. The van der Waals surface area contributed by atoms with Crippen LogP contribution in [0.4, 0.5) is 0 Å². The summed E-state index contributed by atoms with van der Waals surface area (Å²) in [6.45, 7) is 4.07. The lowest BCUT2D eigenvalue weighted by Gasteiger charge is -2.32. The molecular formula is C21H26N2O. The van der Waals surface area contributed by atoms with Crippen molar-refractivity contribution in [2.24, 2.45) is 0 Å². The van der Waals surface area contributed by atoms with Gasteiger partial charge in [0.25, 0.3) is 0 Å². The van der Waals surface area contributed by atoms with Crippen LogP contribution in [0.1, 0.15) is 43.4 Å². The first-order chi connectivity index (χ1) is 11.8. The molecule has 1 N–H and O–H groups in total.